The van der Waals surface area contributed by atoms with Gasteiger partial charge >= 0.3 is 0 Å². The minimum atomic E-state index is 0.0240. The molecule has 0 spiro atoms. The van der Waals surface area contributed by atoms with E-state index in [1.54, 1.807) is 11.8 Å². The molecule has 0 rings (SSSR count). The fourth-order valence-corrected chi connectivity index (χ4v) is 2.38. The number of nitrogens with two attached hydrogens (primary N) is 1. The molecule has 4 N–H and O–H groups in total. The molecule has 0 aromatic carbocycles. The zero-order valence-electron chi connectivity index (χ0n) is 9.31. The summed E-state index contributed by atoms with van der Waals surface area (Å²) in [7, 11) is 0. The van der Waals surface area contributed by atoms with Crippen molar-refractivity contribution in [3.8, 4) is 0 Å². The zero-order valence-corrected chi connectivity index (χ0v) is 10.1. The second kappa shape index (κ2) is 7.51. The van der Waals surface area contributed by atoms with Crippen LogP contribution in [0.3, 0.4) is 0 Å². The molecule has 0 aromatic rings. The van der Waals surface area contributed by atoms with Gasteiger partial charge in [-0.3, -0.25) is 0 Å². The Morgan fingerprint density at radius 1 is 1.14 bits per heavy atom. The maximum absolute atomic E-state index is 9.17. The van der Waals surface area contributed by atoms with Gasteiger partial charge in [-0.2, -0.15) is 11.8 Å². The Labute approximate surface area is 91.1 Å². The highest BCUT2D eigenvalue weighted by molar-refractivity contribution is 8.00. The maximum Gasteiger partial charge on any atom is 0.0565 e. The van der Waals surface area contributed by atoms with Crippen LogP contribution in [0, 0.1) is 11.8 Å². The lowest BCUT2D eigenvalue weighted by molar-refractivity contribution is 0.249. The topological polar surface area (TPSA) is 66.5 Å². The molecule has 0 aliphatic carbocycles. The van der Waals surface area contributed by atoms with Gasteiger partial charge in [0.25, 0.3) is 0 Å². The fourth-order valence-electron chi connectivity index (χ4n) is 1.06. The smallest absolute Gasteiger partial charge is 0.0565 e. The van der Waals surface area contributed by atoms with Crippen LogP contribution in [0.15, 0.2) is 0 Å². The van der Waals surface area contributed by atoms with Gasteiger partial charge in [0.05, 0.1) is 6.61 Å². The van der Waals surface area contributed by atoms with E-state index in [4.69, 9.17) is 15.9 Å². The van der Waals surface area contributed by atoms with Crippen molar-refractivity contribution in [2.75, 3.05) is 19.0 Å². The predicted octanol–water partition coefficient (Wildman–Crippen LogP) is 0.692. The number of hydrogen-bond acceptors (Lipinski definition) is 4. The third-order valence-electron chi connectivity index (χ3n) is 2.29. The van der Waals surface area contributed by atoms with Crippen LogP contribution in [-0.4, -0.2) is 40.5 Å². The Morgan fingerprint density at radius 2 is 1.71 bits per heavy atom. The molecule has 3 unspecified atom stereocenters. The van der Waals surface area contributed by atoms with Gasteiger partial charge < -0.3 is 15.9 Å². The van der Waals surface area contributed by atoms with Crippen molar-refractivity contribution in [3.05, 3.63) is 0 Å². The lowest BCUT2D eigenvalue weighted by Crippen LogP contribution is -2.39. The largest absolute Gasteiger partial charge is 0.396 e. The van der Waals surface area contributed by atoms with Gasteiger partial charge in [-0.05, 0) is 17.6 Å². The number of thioether (sulfide) groups is 1. The van der Waals surface area contributed by atoms with Crippen LogP contribution in [-0.2, 0) is 0 Å². The molecular formula is C10H23NO2S. The molecule has 0 fully saturated rings. The molecule has 4 heteroatoms. The molecule has 0 amide bonds. The maximum atomic E-state index is 9.17. The monoisotopic (exact) mass is 221 g/mol. The molecular weight excluding hydrogens is 198 g/mol. The Kier molecular flexibility index (Phi) is 7.64. The van der Waals surface area contributed by atoms with Gasteiger partial charge in [0.2, 0.25) is 0 Å². The van der Waals surface area contributed by atoms with Crippen molar-refractivity contribution in [1.29, 1.82) is 0 Å². The second-order valence-corrected chi connectivity index (χ2v) is 5.44. The summed E-state index contributed by atoms with van der Waals surface area (Å²) in [6.45, 7) is 6.42. The van der Waals surface area contributed by atoms with E-state index < -0.39 is 0 Å². The summed E-state index contributed by atoms with van der Waals surface area (Å²) in [4.78, 5) is 0. The van der Waals surface area contributed by atoms with E-state index in [-0.39, 0.29) is 30.4 Å². The molecule has 0 aliphatic rings. The normalized spacial score (nSPS) is 18.2. The highest BCUT2D eigenvalue weighted by atomic mass is 32.2. The summed E-state index contributed by atoms with van der Waals surface area (Å²) < 4.78 is 0. The summed E-state index contributed by atoms with van der Waals surface area (Å²) in [6.07, 6.45) is 0. The molecule has 0 bridgehead atoms. The number of aliphatic hydroxyl groups is 2. The first-order valence-corrected chi connectivity index (χ1v) is 6.16. The third kappa shape index (κ3) is 5.20. The van der Waals surface area contributed by atoms with E-state index in [2.05, 4.69) is 13.8 Å². The van der Waals surface area contributed by atoms with Crippen LogP contribution in [0.5, 0.6) is 0 Å². The Bertz CT molecular complexity index is 144. The van der Waals surface area contributed by atoms with Crippen molar-refractivity contribution < 1.29 is 10.2 Å². The molecule has 3 atom stereocenters. The van der Waals surface area contributed by atoms with E-state index in [0.717, 1.165) is 5.75 Å². The highest BCUT2D eigenvalue weighted by Crippen LogP contribution is 2.20. The molecule has 0 heterocycles. The predicted molar refractivity (Wildman–Crippen MR) is 62.4 cm³/mol. The molecule has 0 aliphatic heterocycles. The van der Waals surface area contributed by atoms with E-state index in [9.17, 15) is 0 Å². The molecule has 3 nitrogen and oxygen atoms in total. The molecule has 0 aromatic heterocycles. The lowest BCUT2D eigenvalue weighted by atomic mass is 10.0. The van der Waals surface area contributed by atoms with E-state index in [1.165, 1.54) is 0 Å². The average molecular weight is 221 g/mol. The fraction of sp³-hybridized carbons (Fsp3) is 1.00. The van der Waals surface area contributed by atoms with Crippen molar-refractivity contribution in [1.82, 2.24) is 0 Å². The van der Waals surface area contributed by atoms with Gasteiger partial charge in [0.15, 0.2) is 0 Å². The highest BCUT2D eigenvalue weighted by Gasteiger charge is 2.20. The molecule has 0 radical (unpaired) electrons. The van der Waals surface area contributed by atoms with E-state index in [0.29, 0.717) is 5.92 Å². The average Bonchev–Trinajstić information content (AvgIpc) is 2.17. The van der Waals surface area contributed by atoms with Gasteiger partial charge in [0.1, 0.15) is 0 Å². The van der Waals surface area contributed by atoms with Crippen molar-refractivity contribution in [2.45, 2.75) is 32.1 Å². The first-order chi connectivity index (χ1) is 6.52. The summed E-state index contributed by atoms with van der Waals surface area (Å²) >= 11 is 1.66. The quantitative estimate of drug-likeness (QED) is 0.592. The molecule has 0 saturated carbocycles. The van der Waals surface area contributed by atoms with Crippen molar-refractivity contribution >= 4 is 11.8 Å². The summed E-state index contributed by atoms with van der Waals surface area (Å²) in [6, 6.07) is 0.0240. The van der Waals surface area contributed by atoms with Gasteiger partial charge in [-0.1, -0.05) is 20.8 Å². The summed E-state index contributed by atoms with van der Waals surface area (Å²) in [5, 5.41) is 18.1. The van der Waals surface area contributed by atoms with E-state index >= 15 is 0 Å². The first-order valence-electron chi connectivity index (χ1n) is 5.11. The standard InChI is InChI=1S/C10H23NO2S/c1-7(2)10(11)9(5-13)14-6-8(3)4-12/h7-10,12-13H,4-6,11H2,1-3H3. The molecule has 86 valence electrons. The number of hydrogen-bond donors (Lipinski definition) is 3. The van der Waals surface area contributed by atoms with Crippen LogP contribution in [0.25, 0.3) is 0 Å². The zero-order chi connectivity index (χ0) is 11.1. The Hall–Kier alpha value is 0.230. The minimum absolute atomic E-state index is 0.0240. The van der Waals surface area contributed by atoms with Crippen molar-refractivity contribution in [2.24, 2.45) is 17.6 Å². The third-order valence-corrected chi connectivity index (χ3v) is 3.94. The Morgan fingerprint density at radius 3 is 2.07 bits per heavy atom. The van der Waals surface area contributed by atoms with Crippen LogP contribution in [0.2, 0.25) is 0 Å². The number of aliphatic hydroxyl groups excluding tert-OH is 2. The van der Waals surface area contributed by atoms with Gasteiger partial charge in [-0.15, -0.1) is 0 Å². The molecule has 0 saturated heterocycles. The summed E-state index contributed by atoms with van der Waals surface area (Å²) in [5.41, 5.74) is 5.96. The lowest BCUT2D eigenvalue weighted by Gasteiger charge is -2.25. The Balaban J connectivity index is 3.90. The van der Waals surface area contributed by atoms with Crippen LogP contribution in [0.1, 0.15) is 20.8 Å². The van der Waals surface area contributed by atoms with Crippen LogP contribution < -0.4 is 5.73 Å². The minimum Gasteiger partial charge on any atom is -0.396 e. The first kappa shape index (κ1) is 14.2. The van der Waals surface area contributed by atoms with E-state index in [1.807, 2.05) is 6.92 Å². The van der Waals surface area contributed by atoms with Crippen molar-refractivity contribution in [3.63, 3.8) is 0 Å². The van der Waals surface area contributed by atoms with Gasteiger partial charge in [0, 0.05) is 17.9 Å². The number of rotatable bonds is 7. The second-order valence-electron chi connectivity index (χ2n) is 4.16. The SMILES string of the molecule is CC(CO)CSC(CO)C(N)C(C)C. The summed E-state index contributed by atoms with van der Waals surface area (Å²) in [5.74, 6) is 1.50. The van der Waals surface area contributed by atoms with Crippen LogP contribution in [0.4, 0.5) is 0 Å². The van der Waals surface area contributed by atoms with Gasteiger partial charge in [-0.25, -0.2) is 0 Å². The van der Waals surface area contributed by atoms with Crippen LogP contribution >= 0.6 is 11.8 Å². The molecule has 14 heavy (non-hydrogen) atoms.